The number of benzene rings is 1. The predicted octanol–water partition coefficient (Wildman–Crippen LogP) is 1.43. The molecule has 0 aliphatic carbocycles. The third-order valence-electron chi connectivity index (χ3n) is 2.24. The van der Waals surface area contributed by atoms with Gasteiger partial charge < -0.3 is 0 Å². The Morgan fingerprint density at radius 1 is 1.31 bits per heavy atom. The molecule has 0 saturated carbocycles. The molecule has 0 spiro atoms. The minimum Gasteiger partial charge on any atom is -0.258 e. The van der Waals surface area contributed by atoms with E-state index in [0.29, 0.717) is 0 Å². The normalized spacial score (nSPS) is 10.2. The van der Waals surface area contributed by atoms with Gasteiger partial charge in [-0.05, 0) is 12.0 Å². The lowest BCUT2D eigenvalue weighted by molar-refractivity contribution is -0.384. The Labute approximate surface area is 91.7 Å². The average Bonchev–Trinajstić information content (AvgIpc) is 2.80. The van der Waals surface area contributed by atoms with Gasteiger partial charge in [0.05, 0.1) is 4.92 Å². The lowest BCUT2D eigenvalue weighted by atomic mass is 10.1. The van der Waals surface area contributed by atoms with Crippen LogP contribution in [0.3, 0.4) is 0 Å². The molecule has 16 heavy (non-hydrogen) atoms. The Balaban J connectivity index is 1.98. The van der Waals surface area contributed by atoms with Crippen LogP contribution in [0.5, 0.6) is 0 Å². The minimum absolute atomic E-state index is 0.115. The summed E-state index contributed by atoms with van der Waals surface area (Å²) >= 11 is 0. The van der Waals surface area contributed by atoms with Crippen molar-refractivity contribution in [2.45, 2.75) is 13.0 Å². The molecule has 2 rings (SSSR count). The van der Waals surface area contributed by atoms with Crippen molar-refractivity contribution in [1.29, 1.82) is 0 Å². The largest absolute Gasteiger partial charge is 0.269 e. The molecule has 1 aromatic carbocycles. The Bertz CT molecular complexity index is 464. The van der Waals surface area contributed by atoms with Gasteiger partial charge in [0.25, 0.3) is 5.69 Å². The Kier molecular flexibility index (Phi) is 2.90. The van der Waals surface area contributed by atoms with E-state index in [2.05, 4.69) is 10.1 Å². The molecule has 6 nitrogen and oxygen atoms in total. The number of nitrogens with zero attached hydrogens (tertiary/aromatic N) is 4. The molecule has 0 N–H and O–H groups in total. The van der Waals surface area contributed by atoms with Gasteiger partial charge in [0, 0.05) is 18.7 Å². The molecule has 0 bridgehead atoms. The highest BCUT2D eigenvalue weighted by Gasteiger charge is 2.03. The van der Waals surface area contributed by atoms with Gasteiger partial charge in [0.15, 0.2) is 0 Å². The number of non-ortho nitro benzene ring substituents is 1. The van der Waals surface area contributed by atoms with Crippen LogP contribution in [0.1, 0.15) is 5.56 Å². The van der Waals surface area contributed by atoms with Crippen LogP contribution in [0.25, 0.3) is 0 Å². The Morgan fingerprint density at radius 2 is 2.06 bits per heavy atom. The molecule has 6 heteroatoms. The number of hydrogen-bond donors (Lipinski definition) is 0. The number of rotatable bonds is 4. The lowest BCUT2D eigenvalue weighted by Gasteiger charge is -2.00. The summed E-state index contributed by atoms with van der Waals surface area (Å²) in [4.78, 5) is 13.9. The summed E-state index contributed by atoms with van der Waals surface area (Å²) in [7, 11) is 0. The quantitative estimate of drug-likeness (QED) is 0.574. The average molecular weight is 218 g/mol. The van der Waals surface area contributed by atoms with Crippen LogP contribution in [0, 0.1) is 10.1 Å². The third kappa shape index (κ3) is 2.41. The molecule has 2 aromatic rings. The summed E-state index contributed by atoms with van der Waals surface area (Å²) in [6.45, 7) is 0.720. The molecule has 1 aromatic heterocycles. The van der Waals surface area contributed by atoms with Crippen LogP contribution < -0.4 is 0 Å². The van der Waals surface area contributed by atoms with Crippen LogP contribution in [-0.4, -0.2) is 19.7 Å². The maximum atomic E-state index is 10.4. The van der Waals surface area contributed by atoms with E-state index in [9.17, 15) is 10.1 Å². The molecule has 0 radical (unpaired) electrons. The van der Waals surface area contributed by atoms with Gasteiger partial charge in [-0.25, -0.2) is 4.98 Å². The van der Waals surface area contributed by atoms with Crippen molar-refractivity contribution in [2.75, 3.05) is 0 Å². The summed E-state index contributed by atoms with van der Waals surface area (Å²) < 4.78 is 1.72. The molecule has 82 valence electrons. The molecule has 0 atom stereocenters. The van der Waals surface area contributed by atoms with Gasteiger partial charge >= 0.3 is 0 Å². The maximum Gasteiger partial charge on any atom is 0.269 e. The van der Waals surface area contributed by atoms with Crippen LogP contribution in [0.4, 0.5) is 5.69 Å². The summed E-state index contributed by atoms with van der Waals surface area (Å²) in [5.74, 6) is 0. The van der Waals surface area contributed by atoms with Crippen LogP contribution in [0.2, 0.25) is 0 Å². The number of nitro groups is 1. The lowest BCUT2D eigenvalue weighted by Crippen LogP contribution is -2.01. The topological polar surface area (TPSA) is 73.8 Å². The van der Waals surface area contributed by atoms with E-state index in [4.69, 9.17) is 0 Å². The van der Waals surface area contributed by atoms with E-state index < -0.39 is 4.92 Å². The molecule has 1 heterocycles. The predicted molar refractivity (Wildman–Crippen MR) is 56.8 cm³/mol. The SMILES string of the molecule is O=[N+]([O-])c1ccc(CCn2cncn2)cc1. The molecule has 0 amide bonds. The maximum absolute atomic E-state index is 10.4. The Morgan fingerprint density at radius 3 is 2.62 bits per heavy atom. The van der Waals surface area contributed by atoms with Gasteiger partial charge in [-0.1, -0.05) is 12.1 Å². The second-order valence-corrected chi connectivity index (χ2v) is 3.33. The molecular weight excluding hydrogens is 208 g/mol. The van der Waals surface area contributed by atoms with Crippen molar-refractivity contribution in [3.8, 4) is 0 Å². The van der Waals surface area contributed by atoms with Crippen LogP contribution >= 0.6 is 0 Å². The fraction of sp³-hybridized carbons (Fsp3) is 0.200. The third-order valence-corrected chi connectivity index (χ3v) is 2.24. The van der Waals surface area contributed by atoms with E-state index in [1.165, 1.54) is 18.5 Å². The highest BCUT2D eigenvalue weighted by Crippen LogP contribution is 2.12. The second-order valence-electron chi connectivity index (χ2n) is 3.33. The zero-order chi connectivity index (χ0) is 11.4. The number of hydrogen-bond acceptors (Lipinski definition) is 4. The molecular formula is C10H10N4O2. The van der Waals surface area contributed by atoms with Gasteiger partial charge in [-0.2, -0.15) is 5.10 Å². The molecule has 0 unspecified atom stereocenters. The second kappa shape index (κ2) is 4.52. The molecule has 0 saturated heterocycles. The van der Waals surface area contributed by atoms with Crippen molar-refractivity contribution in [3.05, 3.63) is 52.6 Å². The van der Waals surface area contributed by atoms with E-state index in [1.807, 2.05) is 0 Å². The van der Waals surface area contributed by atoms with E-state index in [-0.39, 0.29) is 5.69 Å². The first-order valence-corrected chi connectivity index (χ1v) is 4.81. The van der Waals surface area contributed by atoms with Crippen molar-refractivity contribution in [1.82, 2.24) is 14.8 Å². The first-order valence-electron chi connectivity index (χ1n) is 4.81. The fourth-order valence-electron chi connectivity index (χ4n) is 1.38. The highest BCUT2D eigenvalue weighted by molar-refractivity contribution is 5.32. The van der Waals surface area contributed by atoms with Crippen LogP contribution in [0.15, 0.2) is 36.9 Å². The molecule has 0 aliphatic heterocycles. The van der Waals surface area contributed by atoms with Gasteiger partial charge in [0.2, 0.25) is 0 Å². The first-order chi connectivity index (χ1) is 7.75. The summed E-state index contributed by atoms with van der Waals surface area (Å²) in [5, 5.41) is 14.4. The molecule has 0 aliphatic rings. The smallest absolute Gasteiger partial charge is 0.258 e. The zero-order valence-electron chi connectivity index (χ0n) is 8.48. The highest BCUT2D eigenvalue weighted by atomic mass is 16.6. The van der Waals surface area contributed by atoms with Gasteiger partial charge in [-0.3, -0.25) is 14.8 Å². The fourth-order valence-corrected chi connectivity index (χ4v) is 1.38. The minimum atomic E-state index is -0.402. The van der Waals surface area contributed by atoms with Crippen molar-refractivity contribution in [3.63, 3.8) is 0 Å². The number of nitro benzene ring substituents is 1. The van der Waals surface area contributed by atoms with Crippen molar-refractivity contribution in [2.24, 2.45) is 0 Å². The van der Waals surface area contributed by atoms with Gasteiger partial charge in [-0.15, -0.1) is 0 Å². The summed E-state index contributed by atoms with van der Waals surface area (Å²) in [5.41, 5.74) is 1.16. The number of aromatic nitrogens is 3. The summed E-state index contributed by atoms with van der Waals surface area (Å²) in [6, 6.07) is 6.54. The monoisotopic (exact) mass is 218 g/mol. The zero-order valence-corrected chi connectivity index (χ0v) is 8.48. The first kappa shape index (κ1) is 10.3. The van der Waals surface area contributed by atoms with E-state index in [0.717, 1.165) is 18.5 Å². The standard InChI is InChI=1S/C10H10N4O2/c15-14(16)10-3-1-9(2-4-10)5-6-13-8-11-7-12-13/h1-4,7-8H,5-6H2. The molecule has 0 fully saturated rings. The Hall–Kier alpha value is -2.24. The van der Waals surface area contributed by atoms with E-state index >= 15 is 0 Å². The van der Waals surface area contributed by atoms with Gasteiger partial charge in [0.1, 0.15) is 12.7 Å². The number of aryl methyl sites for hydroxylation is 2. The summed E-state index contributed by atoms with van der Waals surface area (Å²) in [6.07, 6.45) is 3.91. The van der Waals surface area contributed by atoms with Crippen molar-refractivity contribution < 1.29 is 4.92 Å². The van der Waals surface area contributed by atoms with E-state index in [1.54, 1.807) is 23.1 Å². The van der Waals surface area contributed by atoms with Crippen LogP contribution in [-0.2, 0) is 13.0 Å². The van der Waals surface area contributed by atoms with Crippen molar-refractivity contribution >= 4 is 5.69 Å².